The lowest BCUT2D eigenvalue weighted by Crippen LogP contribution is -2.00. The van der Waals surface area contributed by atoms with Crippen molar-refractivity contribution in [1.29, 1.82) is 0 Å². The summed E-state index contributed by atoms with van der Waals surface area (Å²) in [4.78, 5) is 11.1. The van der Waals surface area contributed by atoms with Gasteiger partial charge in [-0.05, 0) is 24.6 Å². The van der Waals surface area contributed by atoms with Crippen molar-refractivity contribution in [3.63, 3.8) is 0 Å². The van der Waals surface area contributed by atoms with Gasteiger partial charge in [0.25, 0.3) is 0 Å². The van der Waals surface area contributed by atoms with Crippen molar-refractivity contribution in [2.45, 2.75) is 13.8 Å². The topological polar surface area (TPSA) is 34.9 Å². The molecule has 15 heavy (non-hydrogen) atoms. The highest BCUT2D eigenvalue weighted by molar-refractivity contribution is 5.91. The summed E-state index contributed by atoms with van der Waals surface area (Å²) in [6.07, 6.45) is 1.80. The molecule has 2 aromatic rings. The molecule has 0 unspecified atom stereocenters. The highest BCUT2D eigenvalue weighted by Gasteiger charge is 2.05. The Morgan fingerprint density at radius 3 is 2.60 bits per heavy atom. The van der Waals surface area contributed by atoms with Crippen LogP contribution in [0.2, 0.25) is 0 Å². The fraction of sp³-hybridized carbons (Fsp3) is 0.167. The highest BCUT2D eigenvalue weighted by Crippen LogP contribution is 2.12. The zero-order chi connectivity index (χ0) is 10.8. The van der Waals surface area contributed by atoms with Crippen molar-refractivity contribution >= 4 is 5.78 Å². The molecule has 2 rings (SSSR count). The minimum atomic E-state index is -0.0117. The average molecular weight is 200 g/mol. The molecule has 0 amide bonds. The number of hydrogen-bond donors (Lipinski definition) is 0. The van der Waals surface area contributed by atoms with Crippen LogP contribution in [0.5, 0.6) is 0 Å². The third kappa shape index (κ3) is 1.81. The van der Waals surface area contributed by atoms with Crippen molar-refractivity contribution in [2.24, 2.45) is 0 Å². The molecule has 3 nitrogen and oxygen atoms in total. The molecule has 0 N–H and O–H groups in total. The molecule has 0 fully saturated rings. The van der Waals surface area contributed by atoms with Crippen LogP contribution in [0.15, 0.2) is 36.5 Å². The second-order valence-electron chi connectivity index (χ2n) is 3.49. The second kappa shape index (κ2) is 3.69. The van der Waals surface area contributed by atoms with Crippen LogP contribution >= 0.6 is 0 Å². The molecule has 0 aliphatic carbocycles. The molecule has 0 saturated heterocycles. The van der Waals surface area contributed by atoms with E-state index in [1.165, 1.54) is 6.92 Å². The van der Waals surface area contributed by atoms with E-state index in [4.69, 9.17) is 0 Å². The Bertz CT molecular complexity index is 500. The minimum absolute atomic E-state index is 0.0117. The largest absolute Gasteiger partial charge is 0.293 e. The van der Waals surface area contributed by atoms with Gasteiger partial charge in [0.1, 0.15) is 5.69 Å². The monoisotopic (exact) mass is 200 g/mol. The van der Waals surface area contributed by atoms with E-state index in [1.54, 1.807) is 16.9 Å². The van der Waals surface area contributed by atoms with Crippen molar-refractivity contribution in [2.75, 3.05) is 0 Å². The van der Waals surface area contributed by atoms with Crippen molar-refractivity contribution in [3.8, 4) is 5.69 Å². The molecular weight excluding hydrogens is 188 g/mol. The number of carbonyl (C=O) groups excluding carboxylic acids is 1. The van der Waals surface area contributed by atoms with Crippen LogP contribution in [0.1, 0.15) is 23.0 Å². The molecule has 1 heterocycles. The lowest BCUT2D eigenvalue weighted by molar-refractivity contribution is 0.101. The zero-order valence-electron chi connectivity index (χ0n) is 8.77. The highest BCUT2D eigenvalue weighted by atomic mass is 16.1. The van der Waals surface area contributed by atoms with Gasteiger partial charge in [0.15, 0.2) is 5.78 Å². The van der Waals surface area contributed by atoms with Crippen LogP contribution in [0, 0.1) is 6.92 Å². The third-order valence-electron chi connectivity index (χ3n) is 2.31. The van der Waals surface area contributed by atoms with Gasteiger partial charge in [-0.1, -0.05) is 18.2 Å². The summed E-state index contributed by atoms with van der Waals surface area (Å²) < 4.78 is 1.73. The number of benzene rings is 1. The molecule has 0 aliphatic rings. The molecule has 1 aromatic heterocycles. The van der Waals surface area contributed by atoms with Gasteiger partial charge < -0.3 is 0 Å². The van der Waals surface area contributed by atoms with E-state index in [0.717, 1.165) is 11.3 Å². The first-order chi connectivity index (χ1) is 7.18. The predicted molar refractivity (Wildman–Crippen MR) is 58.3 cm³/mol. The molecular formula is C12H12N2O. The number of aromatic nitrogens is 2. The van der Waals surface area contributed by atoms with Gasteiger partial charge >= 0.3 is 0 Å². The molecule has 0 bridgehead atoms. The Kier molecular flexibility index (Phi) is 2.37. The van der Waals surface area contributed by atoms with E-state index in [9.17, 15) is 4.79 Å². The second-order valence-corrected chi connectivity index (χ2v) is 3.49. The molecule has 0 aliphatic heterocycles. The van der Waals surface area contributed by atoms with Crippen molar-refractivity contribution in [3.05, 3.63) is 47.8 Å². The van der Waals surface area contributed by atoms with Gasteiger partial charge in [-0.2, -0.15) is 5.10 Å². The Labute approximate surface area is 88.4 Å². The number of para-hydroxylation sites is 1. The van der Waals surface area contributed by atoms with Gasteiger partial charge in [0.05, 0.1) is 5.69 Å². The van der Waals surface area contributed by atoms with E-state index in [-0.39, 0.29) is 5.78 Å². The van der Waals surface area contributed by atoms with Crippen LogP contribution in [0.4, 0.5) is 0 Å². The van der Waals surface area contributed by atoms with Crippen LogP contribution in [0.3, 0.4) is 0 Å². The average Bonchev–Trinajstić information content (AvgIpc) is 2.67. The van der Waals surface area contributed by atoms with Gasteiger partial charge in [-0.25, -0.2) is 4.68 Å². The third-order valence-corrected chi connectivity index (χ3v) is 2.31. The molecule has 0 spiro atoms. The summed E-state index contributed by atoms with van der Waals surface area (Å²) in [5.74, 6) is -0.0117. The summed E-state index contributed by atoms with van der Waals surface area (Å²) in [5, 5.41) is 4.21. The normalized spacial score (nSPS) is 10.3. The standard InChI is InChI=1S/C12H12N2O/c1-9-5-3-4-6-12(9)14-8-7-11(13-14)10(2)15/h3-8H,1-2H3. The molecule has 0 saturated carbocycles. The van der Waals surface area contributed by atoms with Crippen molar-refractivity contribution < 1.29 is 4.79 Å². The smallest absolute Gasteiger partial charge is 0.179 e. The number of aryl methyl sites for hydroxylation is 1. The molecule has 0 atom stereocenters. The molecule has 3 heteroatoms. The molecule has 0 radical (unpaired) electrons. The first-order valence-electron chi connectivity index (χ1n) is 4.81. The van der Waals surface area contributed by atoms with Crippen molar-refractivity contribution in [1.82, 2.24) is 9.78 Å². The summed E-state index contributed by atoms with van der Waals surface area (Å²) in [6.45, 7) is 3.54. The summed E-state index contributed by atoms with van der Waals surface area (Å²) in [6, 6.07) is 9.66. The van der Waals surface area contributed by atoms with Gasteiger partial charge in [-0.15, -0.1) is 0 Å². The first kappa shape index (κ1) is 9.65. The van der Waals surface area contributed by atoms with Gasteiger partial charge in [0.2, 0.25) is 0 Å². The Morgan fingerprint density at radius 2 is 2.00 bits per heavy atom. The van der Waals surface area contributed by atoms with E-state index < -0.39 is 0 Å². The maximum Gasteiger partial charge on any atom is 0.179 e. The predicted octanol–water partition coefficient (Wildman–Crippen LogP) is 2.38. The van der Waals surface area contributed by atoms with E-state index in [0.29, 0.717) is 5.69 Å². The number of hydrogen-bond acceptors (Lipinski definition) is 2. The number of ketones is 1. The maximum atomic E-state index is 11.1. The van der Waals surface area contributed by atoms with E-state index >= 15 is 0 Å². The Balaban J connectivity index is 2.46. The number of rotatable bonds is 2. The lowest BCUT2D eigenvalue weighted by atomic mass is 10.2. The van der Waals surface area contributed by atoms with E-state index in [1.807, 2.05) is 31.2 Å². The Morgan fingerprint density at radius 1 is 1.27 bits per heavy atom. The summed E-state index contributed by atoms with van der Waals surface area (Å²) in [5.41, 5.74) is 2.64. The fourth-order valence-corrected chi connectivity index (χ4v) is 1.47. The van der Waals surface area contributed by atoms with Crippen LogP contribution < -0.4 is 0 Å². The SMILES string of the molecule is CC(=O)c1ccn(-c2ccccc2C)n1. The molecule has 76 valence electrons. The minimum Gasteiger partial charge on any atom is -0.293 e. The fourth-order valence-electron chi connectivity index (χ4n) is 1.47. The van der Waals surface area contributed by atoms with E-state index in [2.05, 4.69) is 5.10 Å². The quantitative estimate of drug-likeness (QED) is 0.697. The van der Waals surface area contributed by atoms with Gasteiger partial charge in [0, 0.05) is 13.1 Å². The molecule has 1 aromatic carbocycles. The van der Waals surface area contributed by atoms with Crippen LogP contribution in [-0.2, 0) is 0 Å². The Hall–Kier alpha value is -1.90. The number of Topliss-reactive ketones (excluding diaryl/α,β-unsaturated/α-hetero) is 1. The number of nitrogens with zero attached hydrogens (tertiary/aromatic N) is 2. The van der Waals surface area contributed by atoms with Crippen LogP contribution in [-0.4, -0.2) is 15.6 Å². The first-order valence-corrected chi connectivity index (χ1v) is 4.81. The number of carbonyl (C=O) groups is 1. The zero-order valence-corrected chi connectivity index (χ0v) is 8.77. The lowest BCUT2D eigenvalue weighted by Gasteiger charge is -2.04. The maximum absolute atomic E-state index is 11.1. The summed E-state index contributed by atoms with van der Waals surface area (Å²) >= 11 is 0. The summed E-state index contributed by atoms with van der Waals surface area (Å²) in [7, 11) is 0. The van der Waals surface area contributed by atoms with Crippen LogP contribution in [0.25, 0.3) is 5.69 Å². The van der Waals surface area contributed by atoms with Gasteiger partial charge in [-0.3, -0.25) is 4.79 Å².